The van der Waals surface area contributed by atoms with Gasteiger partial charge >= 0.3 is 6.18 Å². The van der Waals surface area contributed by atoms with E-state index < -0.39 is 22.9 Å². The van der Waals surface area contributed by atoms with Crippen LogP contribution in [0.4, 0.5) is 13.2 Å². The molecule has 0 heterocycles. The van der Waals surface area contributed by atoms with Gasteiger partial charge in [0.25, 0.3) is 6.29 Å². The molecule has 1 atom stereocenters. The van der Waals surface area contributed by atoms with Crippen molar-refractivity contribution in [3.8, 4) is 0 Å². The third kappa shape index (κ3) is 6.14. The van der Waals surface area contributed by atoms with Crippen LogP contribution in [0, 0.1) is 0 Å². The molecule has 0 aromatic heterocycles. The first-order valence-corrected chi connectivity index (χ1v) is 3.69. The zero-order valence-corrected chi connectivity index (χ0v) is 7.68. The first kappa shape index (κ1) is 12.6. The van der Waals surface area contributed by atoms with Crippen LogP contribution in [0.2, 0.25) is 0 Å². The highest BCUT2D eigenvalue weighted by Crippen LogP contribution is 2.28. The van der Waals surface area contributed by atoms with Crippen LogP contribution in [-0.2, 0) is 4.74 Å². The molecule has 0 aromatic carbocycles. The Labute approximate surface area is 81.1 Å². The first-order valence-electron chi connectivity index (χ1n) is 2.56. The lowest BCUT2D eigenvalue weighted by Crippen LogP contribution is -2.33. The summed E-state index contributed by atoms with van der Waals surface area (Å²) < 4.78 is 36.4. The number of hydrogen-bond donors (Lipinski definition) is 1. The van der Waals surface area contributed by atoms with Crippen LogP contribution < -0.4 is 0 Å². The molecule has 8 heteroatoms. The summed E-state index contributed by atoms with van der Waals surface area (Å²) in [5.41, 5.74) is 0. The Morgan fingerprint density at radius 2 is 1.67 bits per heavy atom. The van der Waals surface area contributed by atoms with Crippen LogP contribution in [-0.4, -0.2) is 28.0 Å². The summed E-state index contributed by atoms with van der Waals surface area (Å²) in [6.07, 6.45) is -7.79. The van der Waals surface area contributed by atoms with Gasteiger partial charge < -0.3 is 9.84 Å². The van der Waals surface area contributed by atoms with E-state index >= 15 is 0 Å². The molecule has 74 valence electrons. The maximum atomic E-state index is 11.5. The topological polar surface area (TPSA) is 29.5 Å². The van der Waals surface area contributed by atoms with E-state index in [-0.39, 0.29) is 0 Å². The van der Waals surface area contributed by atoms with Gasteiger partial charge in [0, 0.05) is 0 Å². The molecule has 0 aliphatic carbocycles. The zero-order chi connectivity index (χ0) is 9.99. The molecule has 0 spiro atoms. The molecule has 0 fully saturated rings. The minimum Gasteiger partial charge on any atom is -0.361 e. The van der Waals surface area contributed by atoms with Crippen molar-refractivity contribution >= 4 is 34.8 Å². The Morgan fingerprint density at radius 1 is 1.25 bits per heavy atom. The lowest BCUT2D eigenvalue weighted by molar-refractivity contribution is -0.292. The van der Waals surface area contributed by atoms with Crippen molar-refractivity contribution in [1.29, 1.82) is 0 Å². The van der Waals surface area contributed by atoms with Crippen molar-refractivity contribution in [3.63, 3.8) is 0 Å². The second kappa shape index (κ2) is 4.19. The molecule has 0 aromatic rings. The third-order valence-corrected chi connectivity index (χ3v) is 1.01. The minimum atomic E-state index is -4.87. The standard InChI is InChI=1S/C4H4Cl3F3O2/c5-3(6,7)1-12-2(11)4(8,9)10/h2,11H,1H2. The van der Waals surface area contributed by atoms with E-state index in [1.54, 1.807) is 0 Å². The summed E-state index contributed by atoms with van der Waals surface area (Å²) in [6.45, 7) is -0.835. The van der Waals surface area contributed by atoms with E-state index in [1.165, 1.54) is 0 Å². The van der Waals surface area contributed by atoms with Crippen molar-refractivity contribution < 1.29 is 23.0 Å². The Bertz CT molecular complexity index is 143. The van der Waals surface area contributed by atoms with Crippen molar-refractivity contribution in [2.24, 2.45) is 0 Å². The molecule has 0 saturated heterocycles. The van der Waals surface area contributed by atoms with Crippen LogP contribution in [0.25, 0.3) is 0 Å². The van der Waals surface area contributed by atoms with Gasteiger partial charge in [0.15, 0.2) is 0 Å². The van der Waals surface area contributed by atoms with E-state index in [9.17, 15) is 13.2 Å². The van der Waals surface area contributed by atoms with E-state index in [1.807, 2.05) is 0 Å². The van der Waals surface area contributed by atoms with Gasteiger partial charge in [-0.15, -0.1) is 0 Å². The highest BCUT2D eigenvalue weighted by molar-refractivity contribution is 6.67. The largest absolute Gasteiger partial charge is 0.439 e. The van der Waals surface area contributed by atoms with E-state index in [0.717, 1.165) is 0 Å². The molecule has 1 N–H and O–H groups in total. The summed E-state index contributed by atoms with van der Waals surface area (Å²) in [4.78, 5) is 0. The van der Waals surface area contributed by atoms with E-state index in [2.05, 4.69) is 4.74 Å². The number of halogens is 6. The summed E-state index contributed by atoms with van der Waals surface area (Å²) in [5.74, 6) is 0. The van der Waals surface area contributed by atoms with Crippen LogP contribution in [0.3, 0.4) is 0 Å². The van der Waals surface area contributed by atoms with Gasteiger partial charge in [-0.25, -0.2) is 0 Å². The SMILES string of the molecule is OC(OCC(Cl)(Cl)Cl)C(F)(F)F. The molecular formula is C4H4Cl3F3O2. The maximum Gasteiger partial charge on any atom is 0.439 e. The minimum absolute atomic E-state index is 0.835. The molecule has 0 bridgehead atoms. The summed E-state index contributed by atoms with van der Waals surface area (Å²) >= 11 is 15.2. The Kier molecular flexibility index (Phi) is 4.40. The summed E-state index contributed by atoms with van der Waals surface area (Å²) in [6, 6.07) is 0. The van der Waals surface area contributed by atoms with Gasteiger partial charge in [-0.2, -0.15) is 13.2 Å². The van der Waals surface area contributed by atoms with Gasteiger partial charge in [-0.05, 0) is 0 Å². The fourth-order valence-electron chi connectivity index (χ4n) is 0.268. The second-order valence-corrected chi connectivity index (χ2v) is 4.34. The molecule has 0 aliphatic rings. The smallest absolute Gasteiger partial charge is 0.361 e. The monoisotopic (exact) mass is 246 g/mol. The van der Waals surface area contributed by atoms with Gasteiger partial charge in [0.2, 0.25) is 3.79 Å². The normalized spacial score (nSPS) is 16.2. The molecule has 0 rings (SSSR count). The highest BCUT2D eigenvalue weighted by Gasteiger charge is 2.40. The van der Waals surface area contributed by atoms with Crippen LogP contribution in [0.5, 0.6) is 0 Å². The predicted molar refractivity (Wildman–Crippen MR) is 38.3 cm³/mol. The number of hydrogen-bond acceptors (Lipinski definition) is 2. The summed E-state index contributed by atoms with van der Waals surface area (Å²) in [5, 5.41) is 8.23. The number of ether oxygens (including phenoxy) is 1. The molecule has 0 aliphatic heterocycles. The first-order chi connectivity index (χ1) is 5.13. The molecule has 12 heavy (non-hydrogen) atoms. The van der Waals surface area contributed by atoms with E-state index in [0.29, 0.717) is 0 Å². The Hall–Kier alpha value is 0.580. The zero-order valence-electron chi connectivity index (χ0n) is 5.41. The van der Waals surface area contributed by atoms with Crippen LogP contribution in [0.1, 0.15) is 0 Å². The number of rotatable bonds is 2. The Morgan fingerprint density at radius 3 is 1.92 bits per heavy atom. The van der Waals surface area contributed by atoms with Crippen molar-refractivity contribution in [3.05, 3.63) is 0 Å². The number of aliphatic hydroxyl groups is 1. The van der Waals surface area contributed by atoms with Crippen molar-refractivity contribution in [1.82, 2.24) is 0 Å². The Balaban J connectivity index is 3.80. The molecule has 0 amide bonds. The van der Waals surface area contributed by atoms with E-state index in [4.69, 9.17) is 39.9 Å². The highest BCUT2D eigenvalue weighted by atomic mass is 35.6. The predicted octanol–water partition coefficient (Wildman–Crippen LogP) is 2.25. The fraction of sp³-hybridized carbons (Fsp3) is 1.00. The van der Waals surface area contributed by atoms with Crippen LogP contribution >= 0.6 is 34.8 Å². The fourth-order valence-corrected chi connectivity index (χ4v) is 0.457. The number of aliphatic hydroxyl groups excluding tert-OH is 1. The molecule has 2 nitrogen and oxygen atoms in total. The lowest BCUT2D eigenvalue weighted by Gasteiger charge is -2.17. The molecular weight excluding hydrogens is 243 g/mol. The van der Waals surface area contributed by atoms with Gasteiger partial charge in [0.05, 0.1) is 6.61 Å². The average molecular weight is 247 g/mol. The van der Waals surface area contributed by atoms with Crippen molar-refractivity contribution in [2.75, 3.05) is 6.61 Å². The quantitative estimate of drug-likeness (QED) is 0.599. The molecule has 0 radical (unpaired) electrons. The molecule has 1 unspecified atom stereocenters. The lowest BCUT2D eigenvalue weighted by atomic mass is 10.6. The third-order valence-electron chi connectivity index (χ3n) is 0.685. The average Bonchev–Trinajstić information content (AvgIpc) is 1.78. The van der Waals surface area contributed by atoms with Crippen molar-refractivity contribution in [2.45, 2.75) is 16.3 Å². The van der Waals surface area contributed by atoms with Gasteiger partial charge in [-0.3, -0.25) is 0 Å². The summed E-state index contributed by atoms with van der Waals surface area (Å²) in [7, 11) is 0. The second-order valence-electron chi connectivity index (χ2n) is 1.82. The van der Waals surface area contributed by atoms with Gasteiger partial charge in [-0.1, -0.05) is 34.8 Å². The molecule has 0 saturated carbocycles. The number of alkyl halides is 6. The van der Waals surface area contributed by atoms with Crippen LogP contribution in [0.15, 0.2) is 0 Å². The van der Waals surface area contributed by atoms with Gasteiger partial charge in [0.1, 0.15) is 0 Å². The maximum absolute atomic E-state index is 11.5.